The van der Waals surface area contributed by atoms with Crippen LogP contribution in [0, 0.1) is 0 Å². The maximum atomic E-state index is 0. The van der Waals surface area contributed by atoms with Crippen molar-refractivity contribution in [2.24, 2.45) is 0 Å². The van der Waals surface area contributed by atoms with Gasteiger partial charge in [-0.05, 0) is 0 Å². The van der Waals surface area contributed by atoms with E-state index >= 15 is 0 Å². The van der Waals surface area contributed by atoms with Gasteiger partial charge < -0.3 is 16.4 Å². The summed E-state index contributed by atoms with van der Waals surface area (Å²) >= 11 is 0. The fourth-order valence-electron chi connectivity index (χ4n) is 0. The average molecular weight is 157 g/mol. The molecule has 3 nitrogen and oxygen atoms in total. The van der Waals surface area contributed by atoms with Crippen molar-refractivity contribution in [3.8, 4) is 0 Å². The van der Waals surface area contributed by atoms with Crippen molar-refractivity contribution in [1.82, 2.24) is 0 Å². The van der Waals surface area contributed by atoms with Crippen LogP contribution in [0.2, 0.25) is 0 Å². The third-order valence-corrected chi connectivity index (χ3v) is 0. The quantitative estimate of drug-likeness (QED) is 0.327. The summed E-state index contributed by atoms with van der Waals surface area (Å²) in [6.45, 7) is 0. The third kappa shape index (κ3) is 38.2. The Morgan fingerprint density at radius 1 is 0.667 bits per heavy atom. The summed E-state index contributed by atoms with van der Waals surface area (Å²) in [5, 5.41) is 0. The van der Waals surface area contributed by atoms with Gasteiger partial charge in [0.05, 0.1) is 0 Å². The van der Waals surface area contributed by atoms with Crippen molar-refractivity contribution in [2.45, 2.75) is 0 Å². The normalized spacial score (nSPS) is 0. The summed E-state index contributed by atoms with van der Waals surface area (Å²) in [4.78, 5) is 0. The molecule has 0 unspecified atom stereocenters. The molecule has 28 valence electrons. The second kappa shape index (κ2) is 64.4. The first-order chi connectivity index (χ1) is 0. The van der Waals surface area contributed by atoms with Crippen LogP contribution in [-0.2, 0) is 26.2 Å². The minimum absolute atomic E-state index is 0. The van der Waals surface area contributed by atoms with E-state index in [0.717, 1.165) is 0 Å². The molecule has 0 amide bonds. The zero-order valence-electron chi connectivity index (χ0n) is 3.89. The Morgan fingerprint density at radius 2 is 0.667 bits per heavy atom. The van der Waals surface area contributed by atoms with Crippen LogP contribution in [0.15, 0.2) is 0 Å². The van der Waals surface area contributed by atoms with Crippen molar-refractivity contribution < 1.29 is 80.4 Å². The van der Waals surface area contributed by atoms with Gasteiger partial charge in [-0.25, -0.2) is 0 Å². The molecule has 6 heteroatoms. The van der Waals surface area contributed by atoms with Gasteiger partial charge in [-0.3, -0.25) is 0 Å². The van der Waals surface area contributed by atoms with Crippen molar-refractivity contribution in [3.63, 3.8) is 0 Å². The minimum Gasteiger partial charge on any atom is -0.870 e. The SMILES string of the molecule is O.[Li+].[Li+].[OH-].[OH-].[Zr]. The summed E-state index contributed by atoms with van der Waals surface area (Å²) in [5.74, 6) is 0. The van der Waals surface area contributed by atoms with E-state index in [4.69, 9.17) is 0 Å². The second-order valence-corrected chi connectivity index (χ2v) is 0. The fraction of sp³-hybridized carbons (Fsp3) is 0. The molecule has 0 saturated carbocycles. The van der Waals surface area contributed by atoms with Gasteiger partial charge in [0, 0.05) is 26.2 Å². The zero-order valence-corrected chi connectivity index (χ0v) is 6.35. The molecular formula is H4Li2O3Zr. The number of hydrogen-bond acceptors (Lipinski definition) is 2. The Bertz CT molecular complexity index is 8.75. The van der Waals surface area contributed by atoms with Crippen LogP contribution in [0.1, 0.15) is 0 Å². The molecular weight excluding hydrogens is 153 g/mol. The van der Waals surface area contributed by atoms with Crippen molar-refractivity contribution in [1.29, 1.82) is 0 Å². The topological polar surface area (TPSA) is 91.5 Å². The smallest absolute Gasteiger partial charge is 0.870 e. The van der Waals surface area contributed by atoms with Gasteiger partial charge in [0.1, 0.15) is 0 Å². The summed E-state index contributed by atoms with van der Waals surface area (Å²) in [7, 11) is 0. The molecule has 4 N–H and O–H groups in total. The fourth-order valence-corrected chi connectivity index (χ4v) is 0. The summed E-state index contributed by atoms with van der Waals surface area (Å²) in [5.41, 5.74) is 0. The second-order valence-electron chi connectivity index (χ2n) is 0. The molecule has 0 rings (SSSR count). The minimum atomic E-state index is 0. The van der Waals surface area contributed by atoms with Crippen LogP contribution in [-0.4, -0.2) is 16.4 Å². The molecule has 0 saturated heterocycles. The molecule has 0 bridgehead atoms. The van der Waals surface area contributed by atoms with Crippen molar-refractivity contribution in [3.05, 3.63) is 0 Å². The molecule has 0 atom stereocenters. The molecule has 0 aliphatic rings. The predicted molar refractivity (Wildman–Crippen MR) is 7.49 cm³/mol. The molecule has 0 aromatic rings. The van der Waals surface area contributed by atoms with Crippen LogP contribution >= 0.6 is 0 Å². The van der Waals surface area contributed by atoms with Crippen LogP contribution < -0.4 is 37.7 Å². The Morgan fingerprint density at radius 3 is 0.667 bits per heavy atom. The maximum absolute atomic E-state index is 0. The number of rotatable bonds is 0. The maximum Gasteiger partial charge on any atom is 1.00 e. The van der Waals surface area contributed by atoms with Crippen molar-refractivity contribution in [2.75, 3.05) is 0 Å². The first kappa shape index (κ1) is 101. The molecule has 6 heavy (non-hydrogen) atoms. The van der Waals surface area contributed by atoms with E-state index in [9.17, 15) is 0 Å². The average Bonchev–Trinajstić information content (AvgIpc) is 0. The molecule has 0 aromatic carbocycles. The largest absolute Gasteiger partial charge is 1.00 e. The molecule has 0 heterocycles. The number of hydrogen-bond donors (Lipinski definition) is 0. The van der Waals surface area contributed by atoms with Gasteiger partial charge >= 0.3 is 37.7 Å². The molecule has 0 aliphatic carbocycles. The van der Waals surface area contributed by atoms with Crippen LogP contribution in [0.25, 0.3) is 0 Å². The molecule has 0 radical (unpaired) electrons. The summed E-state index contributed by atoms with van der Waals surface area (Å²) < 4.78 is 0. The third-order valence-electron chi connectivity index (χ3n) is 0. The Labute approximate surface area is 79.7 Å². The van der Waals surface area contributed by atoms with E-state index in [-0.39, 0.29) is 80.4 Å². The van der Waals surface area contributed by atoms with E-state index in [2.05, 4.69) is 0 Å². The first-order valence-electron chi connectivity index (χ1n) is 0. The van der Waals surface area contributed by atoms with Gasteiger partial charge in [0.15, 0.2) is 0 Å². The molecule has 0 aromatic heterocycles. The Balaban J connectivity index is 0. The van der Waals surface area contributed by atoms with E-state index in [1.165, 1.54) is 0 Å². The van der Waals surface area contributed by atoms with Gasteiger partial charge in [0.25, 0.3) is 0 Å². The van der Waals surface area contributed by atoms with Gasteiger partial charge in [0.2, 0.25) is 0 Å². The Kier molecular flexibility index (Phi) is 1080. The van der Waals surface area contributed by atoms with Gasteiger partial charge in [-0.2, -0.15) is 0 Å². The molecule has 0 aliphatic heterocycles. The predicted octanol–water partition coefficient (Wildman–Crippen LogP) is -7.17. The van der Waals surface area contributed by atoms with Gasteiger partial charge in [-0.1, -0.05) is 0 Å². The van der Waals surface area contributed by atoms with Crippen LogP contribution in [0.3, 0.4) is 0 Å². The van der Waals surface area contributed by atoms with Gasteiger partial charge in [-0.15, -0.1) is 0 Å². The van der Waals surface area contributed by atoms with Crippen molar-refractivity contribution >= 4 is 0 Å². The first-order valence-corrected chi connectivity index (χ1v) is 0. The Hall–Kier alpha value is 1.96. The summed E-state index contributed by atoms with van der Waals surface area (Å²) in [6, 6.07) is 0. The zero-order chi connectivity index (χ0) is 0. The molecule has 0 fully saturated rings. The van der Waals surface area contributed by atoms with Crippen LogP contribution in [0.4, 0.5) is 0 Å². The summed E-state index contributed by atoms with van der Waals surface area (Å²) in [6.07, 6.45) is 0. The van der Waals surface area contributed by atoms with E-state index in [0.29, 0.717) is 0 Å². The van der Waals surface area contributed by atoms with E-state index in [1.54, 1.807) is 0 Å². The standard InChI is InChI=1S/2Li.3H2O.Zr/h;;3*1H2;/q2*+1;;;;/p-2. The van der Waals surface area contributed by atoms with Crippen LogP contribution in [0.5, 0.6) is 0 Å². The van der Waals surface area contributed by atoms with E-state index < -0.39 is 0 Å². The molecule has 0 spiro atoms. The van der Waals surface area contributed by atoms with E-state index in [1.807, 2.05) is 0 Å². The monoisotopic (exact) mass is 156 g/mol.